The Morgan fingerprint density at radius 2 is 2.24 bits per heavy atom. The summed E-state index contributed by atoms with van der Waals surface area (Å²) in [5, 5.41) is 13.2. The average molecular weight is 348 g/mol. The molecule has 1 aromatic carbocycles. The van der Waals surface area contributed by atoms with Gasteiger partial charge in [0.2, 0.25) is 5.91 Å². The summed E-state index contributed by atoms with van der Waals surface area (Å²) < 4.78 is 10.9. The van der Waals surface area contributed by atoms with E-state index >= 15 is 0 Å². The van der Waals surface area contributed by atoms with Gasteiger partial charge in [0.05, 0.1) is 33.0 Å². The SMILES string of the molecule is COc1ccccc1CNC(=O)CN1CCOC[C@@H]1[C@@H]1CCC[C@@H]1O. The van der Waals surface area contributed by atoms with Gasteiger partial charge in [-0.2, -0.15) is 0 Å². The second kappa shape index (κ2) is 8.65. The summed E-state index contributed by atoms with van der Waals surface area (Å²) in [7, 11) is 1.63. The topological polar surface area (TPSA) is 71.0 Å². The summed E-state index contributed by atoms with van der Waals surface area (Å²) in [6, 6.07) is 7.81. The maximum absolute atomic E-state index is 12.4. The van der Waals surface area contributed by atoms with Crippen LogP contribution in [0.25, 0.3) is 0 Å². The maximum Gasteiger partial charge on any atom is 0.234 e. The number of hydrogen-bond acceptors (Lipinski definition) is 5. The predicted molar refractivity (Wildman–Crippen MR) is 94.4 cm³/mol. The number of methoxy groups -OCH3 is 1. The predicted octanol–water partition coefficient (Wildman–Crippen LogP) is 1.17. The van der Waals surface area contributed by atoms with Crippen molar-refractivity contribution in [2.24, 2.45) is 5.92 Å². The van der Waals surface area contributed by atoms with Crippen molar-refractivity contribution in [3.63, 3.8) is 0 Å². The molecule has 0 radical (unpaired) electrons. The zero-order chi connectivity index (χ0) is 17.6. The lowest BCUT2D eigenvalue weighted by atomic mass is 9.94. The summed E-state index contributed by atoms with van der Waals surface area (Å²) in [5.74, 6) is 0.980. The molecule has 6 heteroatoms. The Labute approximate surface area is 149 Å². The van der Waals surface area contributed by atoms with Crippen LogP contribution in [0, 0.1) is 5.92 Å². The number of aliphatic hydroxyl groups excluding tert-OH is 1. The molecule has 1 saturated heterocycles. The van der Waals surface area contributed by atoms with Crippen LogP contribution in [0.1, 0.15) is 24.8 Å². The third-order valence-electron chi connectivity index (χ3n) is 5.32. The standard InChI is InChI=1S/C19H28N2O4/c1-24-18-8-3-2-5-14(18)11-20-19(23)12-21-9-10-25-13-16(21)15-6-4-7-17(15)22/h2-3,5,8,15-17,22H,4,6-7,9-13H2,1H3,(H,20,23)/t15-,16+,17-/m0/s1. The number of para-hydroxylation sites is 1. The van der Waals surface area contributed by atoms with E-state index in [2.05, 4.69) is 10.2 Å². The number of nitrogens with one attached hydrogen (secondary N) is 1. The summed E-state index contributed by atoms with van der Waals surface area (Å²) >= 11 is 0. The molecule has 3 atom stereocenters. The number of hydrogen-bond donors (Lipinski definition) is 2. The van der Waals surface area contributed by atoms with E-state index in [1.807, 2.05) is 24.3 Å². The van der Waals surface area contributed by atoms with Gasteiger partial charge < -0.3 is 19.9 Å². The molecule has 138 valence electrons. The van der Waals surface area contributed by atoms with Gasteiger partial charge in [0.15, 0.2) is 0 Å². The molecule has 0 bridgehead atoms. The van der Waals surface area contributed by atoms with Crippen molar-refractivity contribution in [3.8, 4) is 5.75 Å². The van der Waals surface area contributed by atoms with Crippen LogP contribution < -0.4 is 10.1 Å². The van der Waals surface area contributed by atoms with Gasteiger partial charge in [-0.1, -0.05) is 24.6 Å². The third-order valence-corrected chi connectivity index (χ3v) is 5.32. The Morgan fingerprint density at radius 3 is 3.00 bits per heavy atom. The first-order valence-corrected chi connectivity index (χ1v) is 9.07. The molecule has 3 rings (SSSR count). The Morgan fingerprint density at radius 1 is 1.40 bits per heavy atom. The Balaban J connectivity index is 1.55. The van der Waals surface area contributed by atoms with Crippen molar-refractivity contribution in [1.29, 1.82) is 0 Å². The molecule has 1 heterocycles. The Bertz CT molecular complexity index is 580. The molecular weight excluding hydrogens is 320 g/mol. The van der Waals surface area contributed by atoms with E-state index in [-0.39, 0.29) is 24.0 Å². The molecule has 0 spiro atoms. The first-order chi connectivity index (χ1) is 12.2. The van der Waals surface area contributed by atoms with Crippen molar-refractivity contribution in [1.82, 2.24) is 10.2 Å². The number of rotatable bonds is 6. The Kier molecular flexibility index (Phi) is 6.29. The number of amides is 1. The van der Waals surface area contributed by atoms with E-state index in [1.165, 1.54) is 0 Å². The van der Waals surface area contributed by atoms with Crippen LogP contribution in [-0.2, 0) is 16.1 Å². The molecule has 1 aromatic rings. The minimum absolute atomic E-state index is 0.00899. The summed E-state index contributed by atoms with van der Waals surface area (Å²) in [6.45, 7) is 2.76. The van der Waals surface area contributed by atoms with Crippen LogP contribution in [0.15, 0.2) is 24.3 Å². The number of benzene rings is 1. The maximum atomic E-state index is 12.4. The van der Waals surface area contributed by atoms with Crippen LogP contribution in [0.2, 0.25) is 0 Å². The van der Waals surface area contributed by atoms with Gasteiger partial charge >= 0.3 is 0 Å². The van der Waals surface area contributed by atoms with E-state index in [0.29, 0.717) is 26.3 Å². The van der Waals surface area contributed by atoms with Gasteiger partial charge in [-0.15, -0.1) is 0 Å². The zero-order valence-electron chi connectivity index (χ0n) is 14.8. The lowest BCUT2D eigenvalue weighted by molar-refractivity contribution is -0.126. The number of ether oxygens (including phenoxy) is 2. The molecule has 1 aliphatic heterocycles. The normalized spacial score (nSPS) is 27.2. The molecule has 1 amide bonds. The van der Waals surface area contributed by atoms with E-state index in [1.54, 1.807) is 7.11 Å². The fourth-order valence-corrected chi connectivity index (χ4v) is 3.95. The van der Waals surface area contributed by atoms with Crippen molar-refractivity contribution >= 4 is 5.91 Å². The lowest BCUT2D eigenvalue weighted by Gasteiger charge is -2.39. The molecule has 1 saturated carbocycles. The second-order valence-corrected chi connectivity index (χ2v) is 6.86. The number of nitrogens with zero attached hydrogens (tertiary/aromatic N) is 1. The van der Waals surface area contributed by atoms with E-state index in [0.717, 1.165) is 37.1 Å². The second-order valence-electron chi connectivity index (χ2n) is 6.86. The third kappa shape index (κ3) is 4.51. The van der Waals surface area contributed by atoms with Crippen molar-refractivity contribution in [3.05, 3.63) is 29.8 Å². The largest absolute Gasteiger partial charge is 0.496 e. The molecule has 0 aromatic heterocycles. The van der Waals surface area contributed by atoms with Crippen LogP contribution in [0.5, 0.6) is 5.75 Å². The lowest BCUT2D eigenvalue weighted by Crippen LogP contribution is -2.53. The number of aliphatic hydroxyl groups is 1. The summed E-state index contributed by atoms with van der Waals surface area (Å²) in [6.07, 6.45) is 2.64. The van der Waals surface area contributed by atoms with Crippen LogP contribution in [0.3, 0.4) is 0 Å². The van der Waals surface area contributed by atoms with Gasteiger partial charge in [-0.3, -0.25) is 9.69 Å². The van der Waals surface area contributed by atoms with E-state index in [4.69, 9.17) is 9.47 Å². The average Bonchev–Trinajstić information content (AvgIpc) is 3.06. The van der Waals surface area contributed by atoms with Crippen LogP contribution >= 0.6 is 0 Å². The molecule has 1 aliphatic carbocycles. The molecule has 25 heavy (non-hydrogen) atoms. The van der Waals surface area contributed by atoms with Crippen molar-refractivity contribution in [2.45, 2.75) is 38.0 Å². The molecule has 2 fully saturated rings. The minimum Gasteiger partial charge on any atom is -0.496 e. The summed E-state index contributed by atoms with van der Waals surface area (Å²) in [4.78, 5) is 14.6. The monoisotopic (exact) mass is 348 g/mol. The van der Waals surface area contributed by atoms with Crippen LogP contribution in [-0.4, -0.2) is 61.5 Å². The van der Waals surface area contributed by atoms with Crippen molar-refractivity contribution < 1.29 is 19.4 Å². The van der Waals surface area contributed by atoms with Gasteiger partial charge in [0.25, 0.3) is 0 Å². The molecule has 0 unspecified atom stereocenters. The van der Waals surface area contributed by atoms with Gasteiger partial charge in [0.1, 0.15) is 5.75 Å². The highest BCUT2D eigenvalue weighted by molar-refractivity contribution is 5.78. The minimum atomic E-state index is -0.272. The molecule has 6 nitrogen and oxygen atoms in total. The van der Waals surface area contributed by atoms with Gasteiger partial charge in [0, 0.05) is 30.6 Å². The smallest absolute Gasteiger partial charge is 0.234 e. The number of carbonyl (C=O) groups excluding carboxylic acids is 1. The fraction of sp³-hybridized carbons (Fsp3) is 0.632. The number of morpholine rings is 1. The fourth-order valence-electron chi connectivity index (χ4n) is 3.95. The molecule has 2 aliphatic rings. The van der Waals surface area contributed by atoms with Crippen molar-refractivity contribution in [2.75, 3.05) is 33.4 Å². The first-order valence-electron chi connectivity index (χ1n) is 9.07. The highest BCUT2D eigenvalue weighted by atomic mass is 16.5. The zero-order valence-corrected chi connectivity index (χ0v) is 14.8. The molecule has 2 N–H and O–H groups in total. The van der Waals surface area contributed by atoms with Crippen LogP contribution in [0.4, 0.5) is 0 Å². The molecular formula is C19H28N2O4. The van der Waals surface area contributed by atoms with E-state index in [9.17, 15) is 9.90 Å². The Hall–Kier alpha value is -1.63. The quantitative estimate of drug-likeness (QED) is 0.808. The first kappa shape index (κ1) is 18.2. The van der Waals surface area contributed by atoms with Gasteiger partial charge in [-0.05, 0) is 18.9 Å². The highest BCUT2D eigenvalue weighted by Gasteiger charge is 2.38. The summed E-state index contributed by atoms with van der Waals surface area (Å²) in [5.41, 5.74) is 0.961. The highest BCUT2D eigenvalue weighted by Crippen LogP contribution is 2.32. The van der Waals surface area contributed by atoms with Gasteiger partial charge in [-0.25, -0.2) is 0 Å². The van der Waals surface area contributed by atoms with E-state index < -0.39 is 0 Å². The number of carbonyl (C=O) groups is 1.